The summed E-state index contributed by atoms with van der Waals surface area (Å²) >= 11 is 0. The van der Waals surface area contributed by atoms with E-state index in [0.717, 1.165) is 36.3 Å². The third-order valence-electron chi connectivity index (χ3n) is 6.19. The summed E-state index contributed by atoms with van der Waals surface area (Å²) in [7, 11) is 3.25. The van der Waals surface area contributed by atoms with Crippen LogP contribution in [0.25, 0.3) is 11.1 Å². The van der Waals surface area contributed by atoms with Crippen molar-refractivity contribution in [3.05, 3.63) is 71.9 Å². The van der Waals surface area contributed by atoms with Crippen LogP contribution in [0.5, 0.6) is 17.4 Å². The minimum absolute atomic E-state index is 0.0495. The van der Waals surface area contributed by atoms with Crippen LogP contribution in [0.15, 0.2) is 60.8 Å². The Morgan fingerprint density at radius 3 is 2.57 bits per heavy atom. The average molecular weight is 476 g/mol. The lowest BCUT2D eigenvalue weighted by molar-refractivity contribution is 0.0950. The van der Waals surface area contributed by atoms with Crippen molar-refractivity contribution < 1.29 is 19.0 Å². The van der Waals surface area contributed by atoms with E-state index in [1.54, 1.807) is 20.4 Å². The summed E-state index contributed by atoms with van der Waals surface area (Å²) in [5, 5.41) is 3.04. The van der Waals surface area contributed by atoms with Crippen LogP contribution in [-0.2, 0) is 6.42 Å². The van der Waals surface area contributed by atoms with Gasteiger partial charge in [-0.15, -0.1) is 0 Å². The first-order chi connectivity index (χ1) is 17.2. The number of nitrogens with one attached hydrogen (secondary N) is 1. The highest BCUT2D eigenvalue weighted by molar-refractivity contribution is 5.95. The molecule has 1 aliphatic rings. The maximum atomic E-state index is 12.6. The molecule has 1 aromatic heterocycles. The third-order valence-corrected chi connectivity index (χ3v) is 6.19. The average Bonchev–Trinajstić information content (AvgIpc) is 3.42. The van der Waals surface area contributed by atoms with Gasteiger partial charge in [-0.25, -0.2) is 4.98 Å². The lowest BCUT2D eigenvalue weighted by Gasteiger charge is -2.15. The quantitative estimate of drug-likeness (QED) is 0.448. The van der Waals surface area contributed by atoms with Crippen LogP contribution in [0.2, 0.25) is 0 Å². The van der Waals surface area contributed by atoms with E-state index in [9.17, 15) is 4.79 Å². The van der Waals surface area contributed by atoms with Crippen molar-refractivity contribution in [2.24, 2.45) is 0 Å². The number of nitrogens with zero attached hydrogens (tertiary/aromatic N) is 2. The molecule has 0 bridgehead atoms. The molecular weight excluding hydrogens is 442 g/mol. The van der Waals surface area contributed by atoms with Crippen molar-refractivity contribution in [3.8, 4) is 28.5 Å². The standard InChI is InChI=1S/C28H33N3O4/c1-33-25-9-8-21(18-26(25)34-2)11-17-35-27-20-23(10-12-29-27)22-6-5-7-24(19-22)28(32)30-13-16-31-14-3-4-15-31/h5-10,12,18-20H,3-4,11,13-17H2,1-2H3,(H,30,32). The van der Waals surface area contributed by atoms with Gasteiger partial charge in [0, 0.05) is 37.3 Å². The first kappa shape index (κ1) is 24.5. The molecule has 1 N–H and O–H groups in total. The zero-order valence-electron chi connectivity index (χ0n) is 20.5. The van der Waals surface area contributed by atoms with E-state index in [4.69, 9.17) is 14.2 Å². The second kappa shape index (κ2) is 12.2. The van der Waals surface area contributed by atoms with Crippen LogP contribution in [0, 0.1) is 0 Å². The molecule has 1 fully saturated rings. The molecule has 3 aromatic rings. The minimum atomic E-state index is -0.0495. The van der Waals surface area contributed by atoms with Crippen molar-refractivity contribution in [1.82, 2.24) is 15.2 Å². The summed E-state index contributed by atoms with van der Waals surface area (Å²) in [6.07, 6.45) is 4.94. The van der Waals surface area contributed by atoms with Gasteiger partial charge < -0.3 is 24.4 Å². The van der Waals surface area contributed by atoms with E-state index in [0.29, 0.717) is 42.5 Å². The lowest BCUT2D eigenvalue weighted by atomic mass is 10.0. The molecule has 1 aliphatic heterocycles. The minimum Gasteiger partial charge on any atom is -0.493 e. The monoisotopic (exact) mass is 475 g/mol. The van der Waals surface area contributed by atoms with Crippen molar-refractivity contribution in [2.45, 2.75) is 19.3 Å². The van der Waals surface area contributed by atoms with Crippen molar-refractivity contribution >= 4 is 5.91 Å². The smallest absolute Gasteiger partial charge is 0.251 e. The lowest BCUT2D eigenvalue weighted by Crippen LogP contribution is -2.33. The Balaban J connectivity index is 1.33. The molecule has 0 atom stereocenters. The zero-order valence-corrected chi connectivity index (χ0v) is 20.5. The van der Waals surface area contributed by atoms with Gasteiger partial charge in [0.15, 0.2) is 11.5 Å². The normalized spacial score (nSPS) is 13.4. The summed E-state index contributed by atoms with van der Waals surface area (Å²) < 4.78 is 16.6. The highest BCUT2D eigenvalue weighted by Gasteiger charge is 2.12. The number of carbonyl (C=O) groups excluding carboxylic acids is 1. The predicted molar refractivity (Wildman–Crippen MR) is 136 cm³/mol. The van der Waals surface area contributed by atoms with Gasteiger partial charge in [0.05, 0.1) is 20.8 Å². The van der Waals surface area contributed by atoms with E-state index in [2.05, 4.69) is 15.2 Å². The molecular formula is C28H33N3O4. The summed E-state index contributed by atoms with van der Waals surface area (Å²) in [6, 6.07) is 17.3. The van der Waals surface area contributed by atoms with E-state index < -0.39 is 0 Å². The van der Waals surface area contributed by atoms with Crippen LogP contribution in [0.3, 0.4) is 0 Å². The van der Waals surface area contributed by atoms with Crippen LogP contribution >= 0.6 is 0 Å². The molecule has 2 heterocycles. The van der Waals surface area contributed by atoms with Crippen LogP contribution in [0.4, 0.5) is 0 Å². The number of aromatic nitrogens is 1. The zero-order chi connectivity index (χ0) is 24.5. The molecule has 184 valence electrons. The maximum absolute atomic E-state index is 12.6. The van der Waals surface area contributed by atoms with E-state index in [1.807, 2.05) is 54.6 Å². The Morgan fingerprint density at radius 1 is 0.971 bits per heavy atom. The maximum Gasteiger partial charge on any atom is 0.251 e. The molecule has 0 aliphatic carbocycles. The van der Waals surface area contributed by atoms with Crippen LogP contribution in [-0.4, -0.2) is 62.8 Å². The molecule has 1 amide bonds. The van der Waals surface area contributed by atoms with Crippen molar-refractivity contribution in [1.29, 1.82) is 0 Å². The highest BCUT2D eigenvalue weighted by atomic mass is 16.5. The Hall–Kier alpha value is -3.58. The Bertz CT molecular complexity index is 1130. The highest BCUT2D eigenvalue weighted by Crippen LogP contribution is 2.28. The molecule has 0 saturated carbocycles. The van der Waals surface area contributed by atoms with E-state index in [1.165, 1.54) is 12.8 Å². The predicted octanol–water partition coefficient (Wildman–Crippen LogP) is 4.21. The van der Waals surface area contributed by atoms with Gasteiger partial charge in [-0.3, -0.25) is 4.79 Å². The summed E-state index contributed by atoms with van der Waals surface area (Å²) in [6.45, 7) is 4.31. The molecule has 7 nitrogen and oxygen atoms in total. The van der Waals surface area contributed by atoms with E-state index >= 15 is 0 Å². The SMILES string of the molecule is COc1ccc(CCOc2cc(-c3cccc(C(=O)NCCN4CCCC4)c3)ccn2)cc1OC. The molecule has 0 unspecified atom stereocenters. The molecule has 35 heavy (non-hydrogen) atoms. The van der Waals surface area contributed by atoms with E-state index in [-0.39, 0.29) is 5.91 Å². The van der Waals surface area contributed by atoms with Gasteiger partial charge in [0.1, 0.15) is 0 Å². The summed E-state index contributed by atoms with van der Waals surface area (Å²) in [5.74, 6) is 1.90. The number of methoxy groups -OCH3 is 2. The number of carbonyl (C=O) groups is 1. The van der Waals surface area contributed by atoms with Gasteiger partial charge in [0.2, 0.25) is 5.88 Å². The van der Waals surface area contributed by atoms with Crippen LogP contribution in [0.1, 0.15) is 28.8 Å². The number of pyridine rings is 1. The van der Waals surface area contributed by atoms with Gasteiger partial charge in [-0.05, 0) is 73.0 Å². The number of rotatable bonds is 11. The number of hydrogen-bond donors (Lipinski definition) is 1. The van der Waals surface area contributed by atoms with Crippen molar-refractivity contribution in [3.63, 3.8) is 0 Å². The fraction of sp³-hybridized carbons (Fsp3) is 0.357. The molecule has 0 radical (unpaired) electrons. The Morgan fingerprint density at radius 2 is 1.77 bits per heavy atom. The first-order valence-electron chi connectivity index (χ1n) is 12.1. The van der Waals surface area contributed by atoms with Crippen molar-refractivity contribution in [2.75, 3.05) is 47.0 Å². The second-order valence-corrected chi connectivity index (χ2v) is 8.56. The molecule has 4 rings (SSSR count). The second-order valence-electron chi connectivity index (χ2n) is 8.56. The largest absolute Gasteiger partial charge is 0.493 e. The molecule has 0 spiro atoms. The number of amides is 1. The van der Waals surface area contributed by atoms with Crippen LogP contribution < -0.4 is 19.5 Å². The summed E-state index contributed by atoms with van der Waals surface area (Å²) in [5.41, 5.74) is 3.64. The Kier molecular flexibility index (Phi) is 8.57. The molecule has 7 heteroatoms. The number of ether oxygens (including phenoxy) is 3. The van der Waals surface area contributed by atoms with Gasteiger partial charge in [-0.2, -0.15) is 0 Å². The third kappa shape index (κ3) is 6.73. The Labute approximate surface area is 207 Å². The van der Waals surface area contributed by atoms with Gasteiger partial charge in [0.25, 0.3) is 5.91 Å². The van der Waals surface area contributed by atoms with Gasteiger partial charge in [-0.1, -0.05) is 18.2 Å². The molecule has 1 saturated heterocycles. The topological polar surface area (TPSA) is 72.9 Å². The summed E-state index contributed by atoms with van der Waals surface area (Å²) in [4.78, 5) is 19.4. The fourth-order valence-corrected chi connectivity index (χ4v) is 4.25. The molecule has 2 aromatic carbocycles. The van der Waals surface area contributed by atoms with Gasteiger partial charge >= 0.3 is 0 Å². The number of benzene rings is 2. The number of hydrogen-bond acceptors (Lipinski definition) is 6. The number of likely N-dealkylation sites (tertiary alicyclic amines) is 1. The first-order valence-corrected chi connectivity index (χ1v) is 12.1. The fourth-order valence-electron chi connectivity index (χ4n) is 4.25.